The maximum atomic E-state index is 11.7. The quantitative estimate of drug-likeness (QED) is 0.356. The van der Waals surface area contributed by atoms with Crippen LogP contribution in [0.5, 0.6) is 0 Å². The summed E-state index contributed by atoms with van der Waals surface area (Å²) in [5.41, 5.74) is 1.94. The standard InChI is InChI=1S/C19H31N5O.HI/c1-14(2)22-19(25)23-17-7-5-16(6-8-17)13-21-18(20-4)24-11-9-15(3)10-12-24;/h5-8,14-15H,9-13H2,1-4H3,(H,20,21)(H2,22,23,25);1H. The lowest BCUT2D eigenvalue weighted by Gasteiger charge is -2.32. The zero-order chi connectivity index (χ0) is 18.2. The van der Waals surface area contributed by atoms with Gasteiger partial charge in [-0.05, 0) is 50.3 Å². The molecule has 0 atom stereocenters. The SMILES string of the molecule is CN=C(NCc1ccc(NC(=O)NC(C)C)cc1)N1CCC(C)CC1.I. The molecule has 0 spiro atoms. The van der Waals surface area contributed by atoms with Gasteiger partial charge in [0.15, 0.2) is 5.96 Å². The van der Waals surface area contributed by atoms with Crippen LogP contribution in [0.3, 0.4) is 0 Å². The Morgan fingerprint density at radius 2 is 1.85 bits per heavy atom. The minimum atomic E-state index is -0.180. The molecule has 1 fully saturated rings. The zero-order valence-electron chi connectivity index (χ0n) is 16.2. The molecule has 2 rings (SSSR count). The van der Waals surface area contributed by atoms with E-state index in [9.17, 15) is 4.79 Å². The fourth-order valence-electron chi connectivity index (χ4n) is 2.87. The second kappa shape index (κ2) is 11.3. The van der Waals surface area contributed by atoms with Crippen molar-refractivity contribution in [2.45, 2.75) is 46.2 Å². The molecule has 0 radical (unpaired) electrons. The van der Waals surface area contributed by atoms with Crippen LogP contribution in [0.4, 0.5) is 10.5 Å². The van der Waals surface area contributed by atoms with E-state index in [4.69, 9.17) is 0 Å². The minimum Gasteiger partial charge on any atom is -0.352 e. The summed E-state index contributed by atoms with van der Waals surface area (Å²) in [7, 11) is 1.83. The van der Waals surface area contributed by atoms with Gasteiger partial charge in [-0.3, -0.25) is 4.99 Å². The van der Waals surface area contributed by atoms with Gasteiger partial charge in [0.1, 0.15) is 0 Å². The predicted molar refractivity (Wildman–Crippen MR) is 119 cm³/mol. The highest BCUT2D eigenvalue weighted by atomic mass is 127. The summed E-state index contributed by atoms with van der Waals surface area (Å²) in [4.78, 5) is 18.4. The molecule has 26 heavy (non-hydrogen) atoms. The van der Waals surface area contributed by atoms with Gasteiger partial charge in [0, 0.05) is 38.4 Å². The van der Waals surface area contributed by atoms with Crippen molar-refractivity contribution in [2.24, 2.45) is 10.9 Å². The van der Waals surface area contributed by atoms with E-state index in [1.807, 2.05) is 45.2 Å². The molecule has 1 aromatic carbocycles. The summed E-state index contributed by atoms with van der Waals surface area (Å²) in [5, 5.41) is 9.07. The van der Waals surface area contributed by atoms with Crippen molar-refractivity contribution in [3.8, 4) is 0 Å². The van der Waals surface area contributed by atoms with E-state index in [0.717, 1.165) is 42.8 Å². The van der Waals surface area contributed by atoms with Crippen LogP contribution in [0.15, 0.2) is 29.3 Å². The van der Waals surface area contributed by atoms with Crippen LogP contribution in [-0.2, 0) is 6.54 Å². The molecule has 6 nitrogen and oxygen atoms in total. The number of benzene rings is 1. The number of hydrogen-bond acceptors (Lipinski definition) is 2. The summed E-state index contributed by atoms with van der Waals surface area (Å²) >= 11 is 0. The van der Waals surface area contributed by atoms with Gasteiger partial charge in [0.25, 0.3) is 0 Å². The molecule has 1 saturated heterocycles. The van der Waals surface area contributed by atoms with Gasteiger partial charge in [-0.15, -0.1) is 24.0 Å². The van der Waals surface area contributed by atoms with Crippen molar-refractivity contribution in [1.29, 1.82) is 0 Å². The lowest BCUT2D eigenvalue weighted by atomic mass is 9.99. The summed E-state index contributed by atoms with van der Waals surface area (Å²) in [6, 6.07) is 7.81. The molecular weight excluding hydrogens is 441 g/mol. The molecule has 146 valence electrons. The molecule has 0 bridgehead atoms. The Hall–Kier alpha value is -1.51. The van der Waals surface area contributed by atoms with Gasteiger partial charge in [0.2, 0.25) is 0 Å². The number of amides is 2. The largest absolute Gasteiger partial charge is 0.352 e. The van der Waals surface area contributed by atoms with Crippen LogP contribution in [0.2, 0.25) is 0 Å². The first-order valence-electron chi connectivity index (χ1n) is 9.10. The number of urea groups is 1. The molecule has 7 heteroatoms. The second-order valence-corrected chi connectivity index (χ2v) is 7.02. The van der Waals surface area contributed by atoms with E-state index in [0.29, 0.717) is 0 Å². The van der Waals surface area contributed by atoms with Gasteiger partial charge < -0.3 is 20.9 Å². The molecule has 2 amide bonds. The highest BCUT2D eigenvalue weighted by Gasteiger charge is 2.18. The average Bonchev–Trinajstić information content (AvgIpc) is 2.57. The summed E-state index contributed by atoms with van der Waals surface area (Å²) in [6.45, 7) is 9.03. The number of nitrogens with one attached hydrogen (secondary N) is 3. The predicted octanol–water partition coefficient (Wildman–Crippen LogP) is 3.64. The van der Waals surface area contributed by atoms with Crippen molar-refractivity contribution in [2.75, 3.05) is 25.5 Å². The Balaban J connectivity index is 0.00000338. The number of carbonyl (C=O) groups is 1. The van der Waals surface area contributed by atoms with Crippen molar-refractivity contribution in [3.05, 3.63) is 29.8 Å². The highest BCUT2D eigenvalue weighted by Crippen LogP contribution is 2.16. The molecule has 1 aliphatic heterocycles. The summed E-state index contributed by atoms with van der Waals surface area (Å²) in [6.07, 6.45) is 2.44. The molecule has 3 N–H and O–H groups in total. The molecular formula is C19H32IN5O. The van der Waals surface area contributed by atoms with Crippen LogP contribution < -0.4 is 16.0 Å². The van der Waals surface area contributed by atoms with Crippen molar-refractivity contribution in [3.63, 3.8) is 0 Å². The van der Waals surface area contributed by atoms with E-state index < -0.39 is 0 Å². The third kappa shape index (κ3) is 7.39. The molecule has 1 heterocycles. The number of rotatable bonds is 4. The third-order valence-corrected chi connectivity index (χ3v) is 4.38. The monoisotopic (exact) mass is 473 g/mol. The smallest absolute Gasteiger partial charge is 0.319 e. The van der Waals surface area contributed by atoms with Gasteiger partial charge in [0.05, 0.1) is 0 Å². The van der Waals surface area contributed by atoms with Crippen molar-refractivity contribution < 1.29 is 4.79 Å². The lowest BCUT2D eigenvalue weighted by Crippen LogP contribution is -2.45. The zero-order valence-corrected chi connectivity index (χ0v) is 18.5. The van der Waals surface area contributed by atoms with E-state index >= 15 is 0 Å². The molecule has 1 aromatic rings. The van der Waals surface area contributed by atoms with Crippen LogP contribution in [0, 0.1) is 5.92 Å². The normalized spacial score (nSPS) is 15.4. The Morgan fingerprint density at radius 1 is 1.23 bits per heavy atom. The highest BCUT2D eigenvalue weighted by molar-refractivity contribution is 14.0. The number of piperidine rings is 1. The van der Waals surface area contributed by atoms with Crippen LogP contribution >= 0.6 is 24.0 Å². The first-order valence-corrected chi connectivity index (χ1v) is 9.10. The van der Waals surface area contributed by atoms with Crippen LogP contribution in [-0.4, -0.2) is 43.1 Å². The van der Waals surface area contributed by atoms with E-state index in [2.05, 4.69) is 32.8 Å². The van der Waals surface area contributed by atoms with Gasteiger partial charge in [-0.1, -0.05) is 19.1 Å². The van der Waals surface area contributed by atoms with Crippen molar-refractivity contribution in [1.82, 2.24) is 15.5 Å². The molecule has 0 aromatic heterocycles. The van der Waals surface area contributed by atoms with Crippen molar-refractivity contribution >= 4 is 41.7 Å². The van der Waals surface area contributed by atoms with Crippen LogP contribution in [0.1, 0.15) is 39.2 Å². The number of nitrogens with zero attached hydrogens (tertiary/aromatic N) is 2. The summed E-state index contributed by atoms with van der Waals surface area (Å²) < 4.78 is 0. The maximum Gasteiger partial charge on any atom is 0.319 e. The Labute approximate surface area is 174 Å². The Morgan fingerprint density at radius 3 is 2.38 bits per heavy atom. The van der Waals surface area contributed by atoms with Crippen LogP contribution in [0.25, 0.3) is 0 Å². The first-order chi connectivity index (χ1) is 12.0. The van der Waals surface area contributed by atoms with Gasteiger partial charge in [-0.2, -0.15) is 0 Å². The van der Waals surface area contributed by atoms with E-state index in [1.54, 1.807) is 0 Å². The number of aliphatic imine (C=N–C) groups is 1. The van der Waals surface area contributed by atoms with E-state index in [1.165, 1.54) is 12.8 Å². The number of guanidine groups is 1. The Kier molecular flexibility index (Phi) is 9.75. The second-order valence-electron chi connectivity index (χ2n) is 7.02. The summed E-state index contributed by atoms with van der Waals surface area (Å²) in [5.74, 6) is 1.77. The number of halogens is 1. The Bertz CT molecular complexity index is 580. The van der Waals surface area contributed by atoms with Gasteiger partial charge in [-0.25, -0.2) is 4.79 Å². The lowest BCUT2D eigenvalue weighted by molar-refractivity contribution is 0.250. The molecule has 0 aliphatic carbocycles. The maximum absolute atomic E-state index is 11.7. The fourth-order valence-corrected chi connectivity index (χ4v) is 2.87. The minimum absolute atomic E-state index is 0. The molecule has 0 saturated carbocycles. The fraction of sp³-hybridized carbons (Fsp3) is 0.579. The number of likely N-dealkylation sites (tertiary alicyclic amines) is 1. The molecule has 1 aliphatic rings. The number of carbonyl (C=O) groups excluding carboxylic acids is 1. The topological polar surface area (TPSA) is 68.8 Å². The average molecular weight is 473 g/mol. The number of hydrogen-bond donors (Lipinski definition) is 3. The third-order valence-electron chi connectivity index (χ3n) is 4.38. The number of anilines is 1. The van der Waals surface area contributed by atoms with Gasteiger partial charge >= 0.3 is 6.03 Å². The first kappa shape index (κ1) is 22.5. The van der Waals surface area contributed by atoms with E-state index in [-0.39, 0.29) is 36.0 Å². The molecule has 0 unspecified atom stereocenters.